The maximum Gasteiger partial charge on any atom is 0.394 e. The number of hydrogen-bond acceptors (Lipinski definition) is 4. The number of carboxylic acids is 1. The Hall–Kier alpha value is -2.41. The summed E-state index contributed by atoms with van der Waals surface area (Å²) in [6.07, 6.45) is 0. The molecule has 1 N–H and O–H groups in total. The molecular formula is C15H18N2O5. The van der Waals surface area contributed by atoms with E-state index in [2.05, 4.69) is 0 Å². The van der Waals surface area contributed by atoms with Gasteiger partial charge in [-0.05, 0) is 17.7 Å². The minimum Gasteiger partial charge on any atom is -0.474 e. The van der Waals surface area contributed by atoms with Crippen LogP contribution >= 0.6 is 0 Å². The van der Waals surface area contributed by atoms with Gasteiger partial charge in [0.2, 0.25) is 0 Å². The lowest BCUT2D eigenvalue weighted by Crippen LogP contribution is -2.52. The summed E-state index contributed by atoms with van der Waals surface area (Å²) >= 11 is 0. The second-order valence-corrected chi connectivity index (χ2v) is 5.02. The van der Waals surface area contributed by atoms with Gasteiger partial charge in [0.15, 0.2) is 0 Å². The fourth-order valence-corrected chi connectivity index (χ4v) is 2.34. The van der Waals surface area contributed by atoms with Crippen LogP contribution in [0.3, 0.4) is 0 Å². The predicted octanol–water partition coefficient (Wildman–Crippen LogP) is 0.202. The van der Waals surface area contributed by atoms with E-state index in [4.69, 9.17) is 9.84 Å². The van der Waals surface area contributed by atoms with Gasteiger partial charge in [-0.1, -0.05) is 12.1 Å². The van der Waals surface area contributed by atoms with Crippen molar-refractivity contribution in [3.63, 3.8) is 0 Å². The number of hydrogen-bond donors (Lipinski definition) is 1. The van der Waals surface area contributed by atoms with Crippen LogP contribution in [0.15, 0.2) is 24.3 Å². The molecule has 1 aliphatic rings. The van der Waals surface area contributed by atoms with E-state index < -0.39 is 11.9 Å². The maximum absolute atomic E-state index is 12.4. The van der Waals surface area contributed by atoms with Crippen molar-refractivity contribution in [2.75, 3.05) is 33.3 Å². The first-order valence-electron chi connectivity index (χ1n) is 6.92. The highest BCUT2D eigenvalue weighted by Gasteiger charge is 2.27. The normalized spacial score (nSPS) is 14.8. The monoisotopic (exact) mass is 306 g/mol. The van der Waals surface area contributed by atoms with Crippen LogP contribution in [-0.2, 0) is 20.9 Å². The molecule has 0 spiro atoms. The summed E-state index contributed by atoms with van der Waals surface area (Å²) in [6.45, 7) is 1.62. The lowest BCUT2D eigenvalue weighted by Gasteiger charge is -2.33. The largest absolute Gasteiger partial charge is 0.474 e. The maximum atomic E-state index is 12.4. The van der Waals surface area contributed by atoms with Crippen LogP contribution in [0.4, 0.5) is 0 Å². The van der Waals surface area contributed by atoms with Crippen LogP contribution in [0, 0.1) is 0 Å². The Labute approximate surface area is 128 Å². The number of nitrogens with zero attached hydrogens (tertiary/aromatic N) is 2. The van der Waals surface area contributed by atoms with Gasteiger partial charge in [0.25, 0.3) is 5.91 Å². The molecule has 0 unspecified atom stereocenters. The lowest BCUT2D eigenvalue weighted by atomic mass is 10.1. The van der Waals surface area contributed by atoms with Gasteiger partial charge in [-0.15, -0.1) is 0 Å². The van der Waals surface area contributed by atoms with Crippen LogP contribution in [0.2, 0.25) is 0 Å². The summed E-state index contributed by atoms with van der Waals surface area (Å²) in [6, 6.07) is 7.15. The van der Waals surface area contributed by atoms with Crippen molar-refractivity contribution in [2.45, 2.75) is 6.61 Å². The third-order valence-electron chi connectivity index (χ3n) is 3.55. The van der Waals surface area contributed by atoms with Crippen LogP contribution in [0.5, 0.6) is 0 Å². The van der Waals surface area contributed by atoms with Crippen molar-refractivity contribution in [1.82, 2.24) is 9.80 Å². The topological polar surface area (TPSA) is 87.2 Å². The quantitative estimate of drug-likeness (QED) is 0.806. The van der Waals surface area contributed by atoms with E-state index in [1.807, 2.05) is 12.1 Å². The highest BCUT2D eigenvalue weighted by atomic mass is 16.5. The van der Waals surface area contributed by atoms with E-state index >= 15 is 0 Å². The second kappa shape index (κ2) is 7.04. The first-order chi connectivity index (χ1) is 10.5. The third-order valence-corrected chi connectivity index (χ3v) is 3.55. The van der Waals surface area contributed by atoms with Crippen LogP contribution in [0.1, 0.15) is 15.9 Å². The Balaban J connectivity index is 1.94. The van der Waals surface area contributed by atoms with Crippen LogP contribution in [-0.4, -0.2) is 66.0 Å². The number of amides is 2. The van der Waals surface area contributed by atoms with Crippen molar-refractivity contribution in [2.24, 2.45) is 0 Å². The highest BCUT2D eigenvalue weighted by Crippen LogP contribution is 2.11. The van der Waals surface area contributed by atoms with E-state index in [0.717, 1.165) is 5.56 Å². The van der Waals surface area contributed by atoms with Crippen molar-refractivity contribution < 1.29 is 24.2 Å². The molecule has 0 aliphatic carbocycles. The number of aliphatic carboxylic acids is 1. The fourth-order valence-electron chi connectivity index (χ4n) is 2.34. The third kappa shape index (κ3) is 3.62. The first kappa shape index (κ1) is 16.0. The molecule has 2 amide bonds. The van der Waals surface area contributed by atoms with E-state index in [0.29, 0.717) is 25.3 Å². The molecule has 1 aromatic carbocycles. The standard InChI is InChI=1S/C15H18N2O5/c1-22-10-11-2-4-12(5-3-11)13(18)16-6-8-17(9-7-16)14(19)15(20)21/h2-5H,6-10H2,1H3,(H,20,21). The average Bonchev–Trinajstić information content (AvgIpc) is 2.54. The molecule has 7 heteroatoms. The summed E-state index contributed by atoms with van der Waals surface area (Å²) in [5.74, 6) is -2.50. The Bertz CT molecular complexity index is 562. The highest BCUT2D eigenvalue weighted by molar-refractivity contribution is 6.31. The second-order valence-electron chi connectivity index (χ2n) is 5.02. The Morgan fingerprint density at radius 1 is 1.05 bits per heavy atom. The number of carboxylic acid groups (broad SMARTS) is 1. The Morgan fingerprint density at radius 2 is 1.59 bits per heavy atom. The van der Waals surface area contributed by atoms with Gasteiger partial charge in [0, 0.05) is 38.9 Å². The number of benzene rings is 1. The molecule has 0 radical (unpaired) electrons. The number of carbonyl (C=O) groups is 3. The Kier molecular flexibility index (Phi) is 5.11. The number of rotatable bonds is 3. The summed E-state index contributed by atoms with van der Waals surface area (Å²) in [5, 5.41) is 8.68. The van der Waals surface area contributed by atoms with Gasteiger partial charge in [0.1, 0.15) is 0 Å². The molecule has 1 heterocycles. The van der Waals surface area contributed by atoms with E-state index in [1.54, 1.807) is 24.1 Å². The minimum absolute atomic E-state index is 0.119. The van der Waals surface area contributed by atoms with Crippen LogP contribution < -0.4 is 0 Å². The smallest absolute Gasteiger partial charge is 0.394 e. The molecule has 0 atom stereocenters. The molecule has 7 nitrogen and oxygen atoms in total. The summed E-state index contributed by atoms with van der Waals surface area (Å²) in [5.41, 5.74) is 1.55. The number of carbonyl (C=O) groups excluding carboxylic acids is 2. The molecule has 0 saturated carbocycles. The van der Waals surface area contributed by atoms with Gasteiger partial charge < -0.3 is 19.6 Å². The van der Waals surface area contributed by atoms with Gasteiger partial charge in [0.05, 0.1) is 6.61 Å². The average molecular weight is 306 g/mol. The molecule has 0 aromatic heterocycles. The number of methoxy groups -OCH3 is 1. The van der Waals surface area contributed by atoms with Gasteiger partial charge in [-0.3, -0.25) is 9.59 Å². The molecule has 1 saturated heterocycles. The molecule has 118 valence electrons. The van der Waals surface area contributed by atoms with Crippen molar-refractivity contribution >= 4 is 17.8 Å². The van der Waals surface area contributed by atoms with Crippen LogP contribution in [0.25, 0.3) is 0 Å². The Morgan fingerprint density at radius 3 is 2.09 bits per heavy atom. The molecule has 22 heavy (non-hydrogen) atoms. The van der Waals surface area contributed by atoms with E-state index in [9.17, 15) is 14.4 Å². The molecule has 0 bridgehead atoms. The fraction of sp³-hybridized carbons (Fsp3) is 0.400. The molecule has 2 rings (SSSR count). The molecule has 1 aromatic rings. The zero-order chi connectivity index (χ0) is 16.1. The van der Waals surface area contributed by atoms with Gasteiger partial charge >= 0.3 is 11.9 Å². The van der Waals surface area contributed by atoms with E-state index in [1.165, 1.54) is 4.90 Å². The molecule has 1 aliphatic heterocycles. The zero-order valence-corrected chi connectivity index (χ0v) is 12.3. The van der Waals surface area contributed by atoms with Crippen molar-refractivity contribution in [3.05, 3.63) is 35.4 Å². The van der Waals surface area contributed by atoms with Gasteiger partial charge in [-0.2, -0.15) is 0 Å². The number of piperazine rings is 1. The summed E-state index contributed by atoms with van der Waals surface area (Å²) in [4.78, 5) is 37.2. The van der Waals surface area contributed by atoms with Crippen molar-refractivity contribution in [3.8, 4) is 0 Å². The predicted molar refractivity (Wildman–Crippen MR) is 77.3 cm³/mol. The first-order valence-corrected chi connectivity index (χ1v) is 6.92. The summed E-state index contributed by atoms with van der Waals surface area (Å²) in [7, 11) is 1.61. The van der Waals surface area contributed by atoms with E-state index in [-0.39, 0.29) is 19.0 Å². The number of ether oxygens (including phenoxy) is 1. The molecular weight excluding hydrogens is 288 g/mol. The minimum atomic E-state index is -1.46. The zero-order valence-electron chi connectivity index (χ0n) is 12.3. The molecule has 1 fully saturated rings. The van der Waals surface area contributed by atoms with Crippen molar-refractivity contribution in [1.29, 1.82) is 0 Å². The van der Waals surface area contributed by atoms with Gasteiger partial charge in [-0.25, -0.2) is 4.79 Å². The summed E-state index contributed by atoms with van der Waals surface area (Å²) < 4.78 is 5.02. The SMILES string of the molecule is COCc1ccc(C(=O)N2CCN(C(=O)C(=O)O)CC2)cc1. The lowest BCUT2D eigenvalue weighted by molar-refractivity contribution is -0.156.